The number of rotatable bonds is 2. The fourth-order valence-corrected chi connectivity index (χ4v) is 9.10. The Labute approximate surface area is 238 Å². The van der Waals surface area contributed by atoms with Crippen molar-refractivity contribution in [1.82, 2.24) is 0 Å². The van der Waals surface area contributed by atoms with Crippen LogP contribution < -0.4 is 0 Å². The summed E-state index contributed by atoms with van der Waals surface area (Å²) >= 11 is 15.4. The van der Waals surface area contributed by atoms with Crippen LogP contribution in [0.4, 0.5) is 0 Å². The molecule has 178 valence electrons. The first-order valence-electron chi connectivity index (χ1n) is 11.9. The SMILES string of the molecule is CC1=C(C)C(Cl)([Si]C2(Cl)C(C)=C(C)c3c(C(C)(C)C)cccc32)c2cccc(C(C)(C)C)c21.[Zr]. The van der Waals surface area contributed by atoms with Gasteiger partial charge in [-0.1, -0.05) is 77.9 Å². The summed E-state index contributed by atoms with van der Waals surface area (Å²) in [6.45, 7) is 22.5. The number of halogens is 2. The second-order valence-electron chi connectivity index (χ2n) is 11.9. The van der Waals surface area contributed by atoms with E-state index >= 15 is 0 Å². The quantitative estimate of drug-likeness (QED) is 0.243. The van der Waals surface area contributed by atoms with Crippen LogP contribution in [0, 0.1) is 0 Å². The van der Waals surface area contributed by atoms with Crippen LogP contribution in [0.2, 0.25) is 0 Å². The van der Waals surface area contributed by atoms with Gasteiger partial charge in [-0.3, -0.25) is 0 Å². The number of alkyl halides is 2. The van der Waals surface area contributed by atoms with Gasteiger partial charge in [-0.05, 0) is 94.2 Å². The first-order chi connectivity index (χ1) is 15.0. The predicted molar refractivity (Wildman–Crippen MR) is 148 cm³/mol. The van der Waals surface area contributed by atoms with Crippen molar-refractivity contribution < 1.29 is 26.2 Å². The van der Waals surface area contributed by atoms with E-state index in [1.165, 1.54) is 55.7 Å². The number of allylic oxidation sites excluding steroid dienone is 4. The van der Waals surface area contributed by atoms with Gasteiger partial charge in [0.2, 0.25) is 0 Å². The zero-order valence-electron chi connectivity index (χ0n) is 22.2. The Kier molecular flexibility index (Phi) is 7.35. The number of hydrogen-bond donors (Lipinski definition) is 0. The normalized spacial score (nSPS) is 24.4. The molecular formula is C30H36Cl2SiZr. The number of fused-ring (bicyclic) bond motifs is 2. The van der Waals surface area contributed by atoms with E-state index in [0.717, 1.165) is 0 Å². The second kappa shape index (κ2) is 8.86. The molecule has 0 saturated carbocycles. The maximum atomic E-state index is 7.69. The minimum atomic E-state index is -0.608. The maximum absolute atomic E-state index is 7.69. The van der Waals surface area contributed by atoms with Gasteiger partial charge < -0.3 is 0 Å². The van der Waals surface area contributed by atoms with Crippen molar-refractivity contribution in [3.05, 3.63) is 80.9 Å². The van der Waals surface area contributed by atoms with Crippen molar-refractivity contribution in [2.24, 2.45) is 0 Å². The molecule has 4 rings (SSSR count). The fourth-order valence-electron chi connectivity index (χ4n) is 5.59. The summed E-state index contributed by atoms with van der Waals surface area (Å²) in [5.41, 5.74) is 13.0. The second-order valence-corrected chi connectivity index (χ2v) is 15.4. The molecule has 2 unspecified atom stereocenters. The zero-order chi connectivity index (χ0) is 24.7. The maximum Gasteiger partial charge on any atom is 0.118 e. The summed E-state index contributed by atoms with van der Waals surface area (Å²) in [5.74, 6) is 0. The third-order valence-corrected chi connectivity index (χ3v) is 11.3. The van der Waals surface area contributed by atoms with Gasteiger partial charge in [0.05, 0.1) is 8.99 Å². The van der Waals surface area contributed by atoms with E-state index in [2.05, 4.69) is 106 Å². The number of hydrogen-bond acceptors (Lipinski definition) is 0. The summed E-state index contributed by atoms with van der Waals surface area (Å²) in [4.78, 5) is 0. The molecular weight excluding hydrogens is 551 g/mol. The molecule has 0 saturated heterocycles. The van der Waals surface area contributed by atoms with Gasteiger partial charge >= 0.3 is 0 Å². The van der Waals surface area contributed by atoms with Crippen LogP contribution in [0.5, 0.6) is 0 Å². The fraction of sp³-hybridized carbons (Fsp3) is 0.467. The van der Waals surface area contributed by atoms with Crippen LogP contribution in [0.3, 0.4) is 0 Å². The first kappa shape index (κ1) is 28.2. The first-order valence-corrected chi connectivity index (χ1v) is 13.6. The van der Waals surface area contributed by atoms with Crippen molar-refractivity contribution >= 4 is 43.9 Å². The van der Waals surface area contributed by atoms with Gasteiger partial charge in [-0.2, -0.15) is 0 Å². The third-order valence-electron chi connectivity index (χ3n) is 7.74. The van der Waals surface area contributed by atoms with Crippen molar-refractivity contribution in [2.75, 3.05) is 0 Å². The van der Waals surface area contributed by atoms with E-state index in [1.54, 1.807) is 0 Å². The monoisotopic (exact) mass is 584 g/mol. The molecule has 2 aliphatic rings. The molecule has 2 aromatic rings. The molecule has 0 bridgehead atoms. The molecule has 0 spiro atoms. The average molecular weight is 587 g/mol. The van der Waals surface area contributed by atoms with E-state index in [4.69, 9.17) is 23.2 Å². The molecule has 0 amide bonds. The molecule has 0 aromatic heterocycles. The molecule has 2 aromatic carbocycles. The molecule has 2 radical (unpaired) electrons. The van der Waals surface area contributed by atoms with Gasteiger partial charge in [0, 0.05) is 26.2 Å². The van der Waals surface area contributed by atoms with Crippen LogP contribution >= 0.6 is 23.2 Å². The summed E-state index contributed by atoms with van der Waals surface area (Å²) in [6, 6.07) is 13.3. The van der Waals surface area contributed by atoms with Crippen molar-refractivity contribution in [3.8, 4) is 0 Å². The minimum Gasteiger partial charge on any atom is -0.114 e. The largest absolute Gasteiger partial charge is 0.118 e. The molecule has 4 heteroatoms. The van der Waals surface area contributed by atoms with Crippen molar-refractivity contribution in [1.29, 1.82) is 0 Å². The van der Waals surface area contributed by atoms with Crippen LogP contribution in [-0.2, 0) is 46.0 Å². The molecule has 34 heavy (non-hydrogen) atoms. The number of benzene rings is 2. The van der Waals surface area contributed by atoms with Crippen LogP contribution in [-0.4, -0.2) is 9.52 Å². The standard InChI is InChI=1S/C30H36Cl2Si.Zr/c1-17-19(3)29(31,23-15-11-13-21(25(17)23)27(5,6)7)33-30(32)20(4)18(2)26-22(28(8,9)10)14-12-16-24(26)30;/h11-16H,1-10H3;. The van der Waals surface area contributed by atoms with Crippen LogP contribution in [0.25, 0.3) is 11.1 Å². The van der Waals surface area contributed by atoms with E-state index < -0.39 is 8.99 Å². The molecule has 0 N–H and O–H groups in total. The van der Waals surface area contributed by atoms with E-state index in [1.807, 2.05) is 0 Å². The van der Waals surface area contributed by atoms with E-state index in [-0.39, 0.29) is 46.6 Å². The molecule has 2 aliphatic carbocycles. The minimum absolute atomic E-state index is 0. The van der Waals surface area contributed by atoms with Crippen LogP contribution in [0.1, 0.15) is 103 Å². The van der Waals surface area contributed by atoms with Gasteiger partial charge in [-0.25, -0.2) is 0 Å². The van der Waals surface area contributed by atoms with Gasteiger partial charge in [0.25, 0.3) is 0 Å². The average Bonchev–Trinajstić information content (AvgIpc) is 3.03. The molecule has 0 nitrogen and oxygen atoms in total. The molecule has 0 aliphatic heterocycles. The summed E-state index contributed by atoms with van der Waals surface area (Å²) in [6.07, 6.45) is 0. The Morgan fingerprint density at radius 1 is 0.618 bits per heavy atom. The van der Waals surface area contributed by atoms with Crippen molar-refractivity contribution in [2.45, 2.75) is 89.1 Å². The smallest absolute Gasteiger partial charge is 0.114 e. The van der Waals surface area contributed by atoms with Gasteiger partial charge in [0.1, 0.15) is 9.52 Å². The summed E-state index contributed by atoms with van der Waals surface area (Å²) < 4.78 is -1.22. The topological polar surface area (TPSA) is 0 Å². The molecule has 0 heterocycles. The Hall–Kier alpha value is -0.400. The third kappa shape index (κ3) is 4.04. The van der Waals surface area contributed by atoms with Crippen LogP contribution in [0.15, 0.2) is 47.5 Å². The summed E-state index contributed by atoms with van der Waals surface area (Å²) in [5, 5.41) is 0. The Balaban J connectivity index is 0.00000324. The summed E-state index contributed by atoms with van der Waals surface area (Å²) in [7, 11) is 0.287. The van der Waals surface area contributed by atoms with E-state index in [0.29, 0.717) is 0 Å². The van der Waals surface area contributed by atoms with Gasteiger partial charge in [0.15, 0.2) is 0 Å². The Morgan fingerprint density at radius 3 is 1.24 bits per heavy atom. The Morgan fingerprint density at radius 2 is 0.941 bits per heavy atom. The van der Waals surface area contributed by atoms with Gasteiger partial charge in [-0.15, -0.1) is 23.2 Å². The molecule has 0 fully saturated rings. The Bertz CT molecular complexity index is 1130. The zero-order valence-corrected chi connectivity index (χ0v) is 27.2. The van der Waals surface area contributed by atoms with E-state index in [9.17, 15) is 0 Å². The molecule has 2 atom stereocenters. The van der Waals surface area contributed by atoms with Crippen molar-refractivity contribution in [3.63, 3.8) is 0 Å². The predicted octanol–water partition coefficient (Wildman–Crippen LogP) is 9.08.